The normalized spacial score (nSPS) is 15.7. The second-order valence-electron chi connectivity index (χ2n) is 5.80. The fourth-order valence-corrected chi connectivity index (χ4v) is 2.94. The molecular formula is C20H18N2O4S. The first-order valence-corrected chi connectivity index (χ1v) is 8.59. The molecule has 7 heteroatoms. The van der Waals surface area contributed by atoms with Gasteiger partial charge in [0, 0.05) is 11.6 Å². The number of hydrogen-bond donors (Lipinski definition) is 1. The highest BCUT2D eigenvalue weighted by atomic mass is 32.1. The third-order valence-corrected chi connectivity index (χ3v) is 4.43. The van der Waals surface area contributed by atoms with Crippen LogP contribution >= 0.6 is 12.2 Å². The van der Waals surface area contributed by atoms with E-state index in [9.17, 15) is 9.59 Å². The van der Waals surface area contributed by atoms with Gasteiger partial charge in [-0.05, 0) is 36.0 Å². The average Bonchev–Trinajstić information content (AvgIpc) is 2.69. The van der Waals surface area contributed by atoms with Crippen molar-refractivity contribution in [2.75, 3.05) is 14.2 Å². The summed E-state index contributed by atoms with van der Waals surface area (Å²) in [5.41, 5.74) is 1.48. The van der Waals surface area contributed by atoms with Crippen LogP contribution in [0, 0.1) is 0 Å². The van der Waals surface area contributed by atoms with Gasteiger partial charge < -0.3 is 9.47 Å². The topological polar surface area (TPSA) is 67.9 Å². The van der Waals surface area contributed by atoms with Crippen molar-refractivity contribution in [2.45, 2.75) is 6.54 Å². The summed E-state index contributed by atoms with van der Waals surface area (Å²) in [6, 6.07) is 14.6. The van der Waals surface area contributed by atoms with Crippen molar-refractivity contribution in [1.82, 2.24) is 10.2 Å². The summed E-state index contributed by atoms with van der Waals surface area (Å²) >= 11 is 5.18. The molecule has 1 N–H and O–H groups in total. The maximum absolute atomic E-state index is 12.9. The molecule has 0 spiro atoms. The maximum Gasteiger partial charge on any atom is 0.265 e. The van der Waals surface area contributed by atoms with Crippen LogP contribution in [0.5, 0.6) is 11.5 Å². The Kier molecular flexibility index (Phi) is 5.52. The molecule has 2 amide bonds. The Bertz CT molecular complexity index is 925. The molecule has 1 fully saturated rings. The van der Waals surface area contributed by atoms with E-state index in [2.05, 4.69) is 5.32 Å². The number of ether oxygens (including phenoxy) is 2. The molecule has 138 valence electrons. The van der Waals surface area contributed by atoms with Crippen molar-refractivity contribution < 1.29 is 19.1 Å². The second-order valence-corrected chi connectivity index (χ2v) is 6.19. The van der Waals surface area contributed by atoms with Gasteiger partial charge in [-0.1, -0.05) is 30.3 Å². The van der Waals surface area contributed by atoms with E-state index < -0.39 is 11.8 Å². The molecule has 0 saturated carbocycles. The molecule has 1 aliphatic heterocycles. The van der Waals surface area contributed by atoms with E-state index in [-0.39, 0.29) is 17.2 Å². The molecular weight excluding hydrogens is 364 g/mol. The highest BCUT2D eigenvalue weighted by Crippen LogP contribution is 2.27. The van der Waals surface area contributed by atoms with Crippen molar-refractivity contribution in [3.63, 3.8) is 0 Å². The quantitative estimate of drug-likeness (QED) is 0.489. The molecule has 2 aromatic carbocycles. The smallest absolute Gasteiger partial charge is 0.265 e. The average molecular weight is 382 g/mol. The summed E-state index contributed by atoms with van der Waals surface area (Å²) in [4.78, 5) is 26.7. The Morgan fingerprint density at radius 1 is 1.07 bits per heavy atom. The summed E-state index contributed by atoms with van der Waals surface area (Å²) in [7, 11) is 3.06. The van der Waals surface area contributed by atoms with E-state index in [4.69, 9.17) is 21.7 Å². The van der Waals surface area contributed by atoms with E-state index in [0.29, 0.717) is 17.1 Å². The van der Waals surface area contributed by atoms with Gasteiger partial charge in [0.25, 0.3) is 11.8 Å². The van der Waals surface area contributed by atoms with Gasteiger partial charge in [-0.25, -0.2) is 0 Å². The van der Waals surface area contributed by atoms with E-state index in [0.717, 1.165) is 5.56 Å². The van der Waals surface area contributed by atoms with Crippen LogP contribution in [0.2, 0.25) is 0 Å². The van der Waals surface area contributed by atoms with Crippen LogP contribution in [-0.4, -0.2) is 36.0 Å². The van der Waals surface area contributed by atoms with Crippen LogP contribution in [0.1, 0.15) is 11.1 Å². The Labute approximate surface area is 162 Å². The predicted octanol–water partition coefficient (Wildman–Crippen LogP) is 2.53. The van der Waals surface area contributed by atoms with Crippen LogP contribution in [0.4, 0.5) is 0 Å². The largest absolute Gasteiger partial charge is 0.497 e. The van der Waals surface area contributed by atoms with Crippen LogP contribution < -0.4 is 14.8 Å². The first kappa shape index (κ1) is 18.6. The Morgan fingerprint density at radius 2 is 1.81 bits per heavy atom. The number of rotatable bonds is 5. The molecule has 2 aromatic rings. The van der Waals surface area contributed by atoms with E-state index >= 15 is 0 Å². The first-order chi connectivity index (χ1) is 13.0. The van der Waals surface area contributed by atoms with Crippen molar-refractivity contribution in [3.05, 3.63) is 65.2 Å². The Morgan fingerprint density at radius 3 is 2.48 bits per heavy atom. The Balaban J connectivity index is 1.94. The standard InChI is InChI=1S/C20H18N2O4S/c1-25-15-9-8-14(17(11-15)26-2)10-16-18(23)21-20(27)22(19(16)24)12-13-6-4-3-5-7-13/h3-11H,12H2,1-2H3,(H,21,23,27)/b16-10-. The lowest BCUT2D eigenvalue weighted by Crippen LogP contribution is -2.53. The van der Waals surface area contributed by atoms with Crippen LogP contribution in [0.3, 0.4) is 0 Å². The highest BCUT2D eigenvalue weighted by molar-refractivity contribution is 7.80. The van der Waals surface area contributed by atoms with E-state index in [1.54, 1.807) is 25.3 Å². The zero-order valence-electron chi connectivity index (χ0n) is 14.9. The minimum absolute atomic E-state index is 0.0111. The molecule has 0 atom stereocenters. The molecule has 1 heterocycles. The van der Waals surface area contributed by atoms with Crippen LogP contribution in [0.25, 0.3) is 6.08 Å². The minimum atomic E-state index is -0.535. The second kappa shape index (κ2) is 8.01. The van der Waals surface area contributed by atoms with Gasteiger partial charge in [0.1, 0.15) is 17.1 Å². The van der Waals surface area contributed by atoms with Gasteiger partial charge in [0.2, 0.25) is 0 Å². The van der Waals surface area contributed by atoms with Crippen molar-refractivity contribution in [1.29, 1.82) is 0 Å². The molecule has 1 saturated heterocycles. The third-order valence-electron chi connectivity index (χ3n) is 4.11. The summed E-state index contributed by atoms with van der Waals surface area (Å²) in [6.45, 7) is 0.274. The SMILES string of the molecule is COc1ccc(/C=C2/C(=O)NC(=S)N(Cc3ccccc3)C2=O)c(OC)c1. The van der Waals surface area contributed by atoms with E-state index in [1.165, 1.54) is 18.1 Å². The van der Waals surface area contributed by atoms with Gasteiger partial charge in [-0.15, -0.1) is 0 Å². The fourth-order valence-electron chi connectivity index (χ4n) is 2.70. The fraction of sp³-hybridized carbons (Fsp3) is 0.150. The summed E-state index contributed by atoms with van der Waals surface area (Å²) < 4.78 is 10.5. The maximum atomic E-state index is 12.9. The Hall–Kier alpha value is -3.19. The predicted molar refractivity (Wildman–Crippen MR) is 105 cm³/mol. The van der Waals surface area contributed by atoms with Crippen molar-refractivity contribution >= 4 is 35.2 Å². The number of carbonyl (C=O) groups excluding carboxylic acids is 2. The van der Waals surface area contributed by atoms with Crippen LogP contribution in [0.15, 0.2) is 54.1 Å². The number of benzene rings is 2. The highest BCUT2D eigenvalue weighted by Gasteiger charge is 2.33. The number of amides is 2. The number of thiocarbonyl (C=S) groups is 1. The number of nitrogens with zero attached hydrogens (tertiary/aromatic N) is 1. The lowest BCUT2D eigenvalue weighted by molar-refractivity contribution is -0.129. The summed E-state index contributed by atoms with van der Waals surface area (Å²) in [5, 5.41) is 2.66. The number of methoxy groups -OCH3 is 2. The molecule has 0 aromatic heterocycles. The summed E-state index contributed by atoms with van der Waals surface area (Å²) in [6.07, 6.45) is 1.50. The molecule has 0 radical (unpaired) electrons. The minimum Gasteiger partial charge on any atom is -0.497 e. The van der Waals surface area contributed by atoms with Gasteiger partial charge >= 0.3 is 0 Å². The molecule has 3 rings (SSSR count). The molecule has 1 aliphatic rings. The first-order valence-electron chi connectivity index (χ1n) is 8.18. The third kappa shape index (κ3) is 3.98. The summed E-state index contributed by atoms with van der Waals surface area (Å²) in [5.74, 6) is 0.114. The van der Waals surface area contributed by atoms with Gasteiger partial charge in [0.05, 0.1) is 20.8 Å². The van der Waals surface area contributed by atoms with Gasteiger partial charge in [-0.3, -0.25) is 19.8 Å². The molecule has 6 nitrogen and oxygen atoms in total. The van der Waals surface area contributed by atoms with Crippen LogP contribution in [-0.2, 0) is 16.1 Å². The molecule has 0 aliphatic carbocycles. The lowest BCUT2D eigenvalue weighted by atomic mass is 10.1. The lowest BCUT2D eigenvalue weighted by Gasteiger charge is -2.29. The zero-order valence-corrected chi connectivity index (χ0v) is 15.7. The van der Waals surface area contributed by atoms with E-state index in [1.807, 2.05) is 30.3 Å². The number of nitrogens with one attached hydrogen (secondary N) is 1. The van der Waals surface area contributed by atoms with Crippen molar-refractivity contribution in [3.8, 4) is 11.5 Å². The number of hydrogen-bond acceptors (Lipinski definition) is 5. The van der Waals surface area contributed by atoms with Gasteiger partial charge in [-0.2, -0.15) is 0 Å². The molecule has 0 unspecified atom stereocenters. The molecule has 0 bridgehead atoms. The van der Waals surface area contributed by atoms with Gasteiger partial charge in [0.15, 0.2) is 5.11 Å². The van der Waals surface area contributed by atoms with Crippen molar-refractivity contribution in [2.24, 2.45) is 0 Å². The number of carbonyl (C=O) groups is 2. The zero-order chi connectivity index (χ0) is 19.4. The monoisotopic (exact) mass is 382 g/mol. The molecule has 27 heavy (non-hydrogen) atoms.